The zero-order valence-corrected chi connectivity index (χ0v) is 11.8. The minimum absolute atomic E-state index is 0.210. The van der Waals surface area contributed by atoms with Crippen molar-refractivity contribution in [2.24, 2.45) is 0 Å². The summed E-state index contributed by atoms with van der Waals surface area (Å²) < 4.78 is 15.3. The first-order chi connectivity index (χ1) is 10.0. The molecule has 0 unspecified atom stereocenters. The van der Waals surface area contributed by atoms with E-state index in [4.69, 9.17) is 22.6 Å². The van der Waals surface area contributed by atoms with Crippen LogP contribution in [0.4, 0.5) is 10.3 Å². The Kier molecular flexibility index (Phi) is 3.04. The van der Waals surface area contributed by atoms with E-state index < -0.39 is 0 Å². The summed E-state index contributed by atoms with van der Waals surface area (Å²) in [6, 6.07) is 9.92. The van der Waals surface area contributed by atoms with E-state index in [2.05, 4.69) is 4.98 Å². The summed E-state index contributed by atoms with van der Waals surface area (Å²) in [6.45, 7) is 1.67. The second kappa shape index (κ2) is 4.76. The van der Waals surface area contributed by atoms with Crippen LogP contribution in [0, 0.1) is 24.1 Å². The van der Waals surface area contributed by atoms with Gasteiger partial charge in [-0.15, -0.1) is 0 Å². The Morgan fingerprint density at radius 1 is 1.33 bits per heavy atom. The number of fused-ring (bicyclic) bond motifs is 1. The van der Waals surface area contributed by atoms with Crippen LogP contribution < -0.4 is 5.73 Å². The van der Waals surface area contributed by atoms with Gasteiger partial charge in [-0.25, -0.2) is 9.37 Å². The van der Waals surface area contributed by atoms with Gasteiger partial charge in [-0.1, -0.05) is 11.6 Å². The lowest BCUT2D eigenvalue weighted by atomic mass is 10.2. The second-order valence-electron chi connectivity index (χ2n) is 4.67. The Balaban J connectivity index is 2.32. The molecular weight excluding hydrogens is 291 g/mol. The van der Waals surface area contributed by atoms with Crippen molar-refractivity contribution in [1.29, 1.82) is 5.26 Å². The molecule has 0 saturated carbocycles. The largest absolute Gasteiger partial charge is 0.369 e. The molecule has 0 aliphatic carbocycles. The fraction of sp³-hybridized carbons (Fsp3) is 0.0667. The van der Waals surface area contributed by atoms with Gasteiger partial charge < -0.3 is 5.73 Å². The Labute approximate surface area is 125 Å². The van der Waals surface area contributed by atoms with E-state index in [1.54, 1.807) is 35.8 Å². The molecule has 4 nitrogen and oxygen atoms in total. The van der Waals surface area contributed by atoms with Crippen LogP contribution in [0.3, 0.4) is 0 Å². The molecule has 2 N–H and O–H groups in total. The van der Waals surface area contributed by atoms with E-state index in [1.165, 1.54) is 6.07 Å². The molecule has 1 aromatic heterocycles. The number of hydrogen-bond donors (Lipinski definition) is 1. The van der Waals surface area contributed by atoms with Crippen LogP contribution in [0.1, 0.15) is 11.1 Å². The summed E-state index contributed by atoms with van der Waals surface area (Å²) in [4.78, 5) is 4.15. The lowest BCUT2D eigenvalue weighted by Crippen LogP contribution is -2.01. The summed E-state index contributed by atoms with van der Waals surface area (Å²) in [5, 5.41) is 9.26. The molecule has 21 heavy (non-hydrogen) atoms. The standard InChI is InChI=1S/C15H10ClFN4/c1-8-4-14-12(6-11(8)17)20-15(19)21(14)13-3-2-9(7-18)5-10(13)16/h2-6H,1H3,(H2,19,20). The summed E-state index contributed by atoms with van der Waals surface area (Å²) >= 11 is 6.21. The number of hydrogen-bond acceptors (Lipinski definition) is 3. The van der Waals surface area contributed by atoms with Crippen LogP contribution in [0.5, 0.6) is 0 Å². The molecule has 0 bridgehead atoms. The van der Waals surface area contributed by atoms with Crippen LogP contribution >= 0.6 is 11.6 Å². The fourth-order valence-electron chi connectivity index (χ4n) is 2.23. The lowest BCUT2D eigenvalue weighted by Gasteiger charge is -2.09. The Morgan fingerprint density at radius 3 is 2.76 bits per heavy atom. The molecule has 0 aliphatic rings. The number of anilines is 1. The average Bonchev–Trinajstić information content (AvgIpc) is 2.75. The summed E-state index contributed by atoms with van der Waals surface area (Å²) in [7, 11) is 0. The highest BCUT2D eigenvalue weighted by Crippen LogP contribution is 2.29. The van der Waals surface area contributed by atoms with Gasteiger partial charge in [0, 0.05) is 6.07 Å². The molecular formula is C15H10ClFN4. The van der Waals surface area contributed by atoms with E-state index in [0.29, 0.717) is 32.9 Å². The van der Waals surface area contributed by atoms with Crippen molar-refractivity contribution < 1.29 is 4.39 Å². The molecule has 0 atom stereocenters. The zero-order valence-electron chi connectivity index (χ0n) is 11.1. The molecule has 0 radical (unpaired) electrons. The van der Waals surface area contributed by atoms with Crippen LogP contribution in [-0.4, -0.2) is 9.55 Å². The highest BCUT2D eigenvalue weighted by atomic mass is 35.5. The maximum atomic E-state index is 13.6. The topological polar surface area (TPSA) is 67.6 Å². The summed E-state index contributed by atoms with van der Waals surface area (Å²) in [6.07, 6.45) is 0. The first-order valence-corrected chi connectivity index (χ1v) is 6.53. The number of aryl methyl sites for hydroxylation is 1. The van der Waals surface area contributed by atoms with Gasteiger partial charge in [0.05, 0.1) is 33.4 Å². The Morgan fingerprint density at radius 2 is 2.10 bits per heavy atom. The van der Waals surface area contributed by atoms with E-state index >= 15 is 0 Å². The molecule has 0 amide bonds. The molecule has 104 valence electrons. The van der Waals surface area contributed by atoms with Crippen molar-refractivity contribution >= 4 is 28.6 Å². The summed E-state index contributed by atoms with van der Waals surface area (Å²) in [5.41, 5.74) is 8.60. The third kappa shape index (κ3) is 2.10. The van der Waals surface area contributed by atoms with Gasteiger partial charge in [-0.05, 0) is 36.8 Å². The molecule has 3 rings (SSSR count). The minimum atomic E-state index is -0.335. The van der Waals surface area contributed by atoms with E-state index in [0.717, 1.165) is 0 Å². The van der Waals surface area contributed by atoms with Gasteiger partial charge >= 0.3 is 0 Å². The number of aromatic nitrogens is 2. The fourth-order valence-corrected chi connectivity index (χ4v) is 2.50. The van der Waals surface area contributed by atoms with E-state index in [9.17, 15) is 4.39 Å². The number of imidazole rings is 1. The molecule has 1 heterocycles. The van der Waals surface area contributed by atoms with Crippen LogP contribution in [0.15, 0.2) is 30.3 Å². The number of rotatable bonds is 1. The third-order valence-corrected chi connectivity index (χ3v) is 3.58. The first-order valence-electron chi connectivity index (χ1n) is 6.15. The number of nitrogens with two attached hydrogens (primary N) is 1. The predicted molar refractivity (Wildman–Crippen MR) is 79.9 cm³/mol. The van der Waals surface area contributed by atoms with Crippen molar-refractivity contribution in [3.05, 3.63) is 52.3 Å². The third-order valence-electron chi connectivity index (χ3n) is 3.28. The Bertz CT molecular complexity index is 908. The van der Waals surface area contributed by atoms with Crippen molar-refractivity contribution in [3.8, 4) is 11.8 Å². The quantitative estimate of drug-likeness (QED) is 0.747. The molecule has 0 aliphatic heterocycles. The molecule has 0 saturated heterocycles. The lowest BCUT2D eigenvalue weighted by molar-refractivity contribution is 0.620. The summed E-state index contributed by atoms with van der Waals surface area (Å²) in [5.74, 6) is -0.125. The van der Waals surface area contributed by atoms with E-state index in [-0.39, 0.29) is 11.8 Å². The number of benzene rings is 2. The monoisotopic (exact) mass is 300 g/mol. The smallest absolute Gasteiger partial charge is 0.205 e. The maximum absolute atomic E-state index is 13.6. The second-order valence-corrected chi connectivity index (χ2v) is 5.08. The molecule has 2 aromatic carbocycles. The highest BCUT2D eigenvalue weighted by Gasteiger charge is 2.14. The van der Waals surface area contributed by atoms with Crippen LogP contribution in [-0.2, 0) is 0 Å². The van der Waals surface area contributed by atoms with Crippen LogP contribution in [0.2, 0.25) is 5.02 Å². The van der Waals surface area contributed by atoms with Crippen molar-refractivity contribution in [1.82, 2.24) is 9.55 Å². The van der Waals surface area contributed by atoms with E-state index in [1.807, 2.05) is 6.07 Å². The van der Waals surface area contributed by atoms with Gasteiger partial charge in [0.1, 0.15) is 5.82 Å². The molecule has 0 fully saturated rings. The number of nitriles is 1. The van der Waals surface area contributed by atoms with Gasteiger partial charge in [0.15, 0.2) is 0 Å². The first kappa shape index (κ1) is 13.4. The molecule has 6 heteroatoms. The van der Waals surface area contributed by atoms with Gasteiger partial charge in [-0.3, -0.25) is 4.57 Å². The van der Waals surface area contributed by atoms with Crippen molar-refractivity contribution in [2.75, 3.05) is 5.73 Å². The number of nitrogen functional groups attached to an aromatic ring is 1. The van der Waals surface area contributed by atoms with Gasteiger partial charge in [0.2, 0.25) is 5.95 Å². The minimum Gasteiger partial charge on any atom is -0.369 e. The van der Waals surface area contributed by atoms with Crippen molar-refractivity contribution in [3.63, 3.8) is 0 Å². The number of nitrogens with zero attached hydrogens (tertiary/aromatic N) is 3. The van der Waals surface area contributed by atoms with Crippen molar-refractivity contribution in [2.45, 2.75) is 6.92 Å². The van der Waals surface area contributed by atoms with Crippen LogP contribution in [0.25, 0.3) is 16.7 Å². The predicted octanol–water partition coefficient (Wildman–Crippen LogP) is 3.58. The molecule has 0 spiro atoms. The molecule has 3 aromatic rings. The van der Waals surface area contributed by atoms with Gasteiger partial charge in [0.25, 0.3) is 0 Å². The normalized spacial score (nSPS) is 10.8. The van der Waals surface area contributed by atoms with Gasteiger partial charge in [-0.2, -0.15) is 5.26 Å². The average molecular weight is 301 g/mol. The Hall–Kier alpha value is -2.58. The number of halogens is 2. The maximum Gasteiger partial charge on any atom is 0.205 e. The zero-order chi connectivity index (χ0) is 15.1. The SMILES string of the molecule is Cc1cc2c(cc1F)nc(N)n2-c1ccc(C#N)cc1Cl. The highest BCUT2D eigenvalue weighted by molar-refractivity contribution is 6.32.